The largest absolute Gasteiger partial charge is 0.325 e. The molecule has 0 spiro atoms. The van der Waals surface area contributed by atoms with Crippen molar-refractivity contribution in [1.29, 1.82) is 0 Å². The van der Waals surface area contributed by atoms with Crippen molar-refractivity contribution in [3.63, 3.8) is 0 Å². The van der Waals surface area contributed by atoms with Crippen LogP contribution in [-0.2, 0) is 20.8 Å². The molecular formula is C14H16N2O3. The van der Waals surface area contributed by atoms with Gasteiger partial charge in [0.2, 0.25) is 17.7 Å². The van der Waals surface area contributed by atoms with E-state index in [0.29, 0.717) is 5.69 Å². The number of benzene rings is 1. The van der Waals surface area contributed by atoms with Gasteiger partial charge in [-0.3, -0.25) is 19.3 Å². The molecule has 1 aliphatic heterocycles. The maximum Gasteiger partial charge on any atom is 0.244 e. The number of amides is 3. The minimum Gasteiger partial charge on any atom is -0.325 e. The molecule has 0 saturated carbocycles. The number of imide groups is 1. The summed E-state index contributed by atoms with van der Waals surface area (Å²) in [5.74, 6) is -0.907. The lowest BCUT2D eigenvalue weighted by Crippen LogP contribution is -2.36. The molecule has 1 heterocycles. The first-order valence-electron chi connectivity index (χ1n) is 6.32. The van der Waals surface area contributed by atoms with Crippen LogP contribution in [0.2, 0.25) is 0 Å². The maximum atomic E-state index is 11.8. The second-order valence-corrected chi connectivity index (χ2v) is 4.47. The first-order chi connectivity index (χ1) is 9.10. The van der Waals surface area contributed by atoms with E-state index in [2.05, 4.69) is 12.2 Å². The summed E-state index contributed by atoms with van der Waals surface area (Å²) in [6.07, 6.45) is 1.35. The normalized spacial score (nSPS) is 14.9. The van der Waals surface area contributed by atoms with Gasteiger partial charge >= 0.3 is 0 Å². The molecule has 1 N–H and O–H groups in total. The van der Waals surface area contributed by atoms with Crippen LogP contribution in [0, 0.1) is 0 Å². The molecule has 0 aliphatic carbocycles. The minimum absolute atomic E-state index is 0.201. The molecule has 0 atom stereocenters. The molecule has 1 fully saturated rings. The highest BCUT2D eigenvalue weighted by atomic mass is 16.2. The minimum atomic E-state index is -0.354. The van der Waals surface area contributed by atoms with E-state index in [4.69, 9.17) is 0 Å². The van der Waals surface area contributed by atoms with E-state index >= 15 is 0 Å². The van der Waals surface area contributed by atoms with Crippen LogP contribution in [0.4, 0.5) is 5.69 Å². The number of carbonyl (C=O) groups excluding carboxylic acids is 3. The number of hydrogen-bond donors (Lipinski definition) is 1. The maximum absolute atomic E-state index is 11.8. The molecule has 19 heavy (non-hydrogen) atoms. The summed E-state index contributed by atoms with van der Waals surface area (Å²) in [5, 5.41) is 2.68. The Balaban J connectivity index is 1.93. The van der Waals surface area contributed by atoms with Crippen molar-refractivity contribution in [2.45, 2.75) is 26.2 Å². The molecule has 0 aromatic heterocycles. The second-order valence-electron chi connectivity index (χ2n) is 4.47. The predicted octanol–water partition coefficient (Wildman–Crippen LogP) is 1.34. The summed E-state index contributed by atoms with van der Waals surface area (Å²) in [6, 6.07) is 7.48. The summed E-state index contributed by atoms with van der Waals surface area (Å²) in [4.78, 5) is 35.5. The number of nitrogens with zero attached hydrogens (tertiary/aromatic N) is 1. The Labute approximate surface area is 111 Å². The van der Waals surface area contributed by atoms with Gasteiger partial charge < -0.3 is 5.32 Å². The average Bonchev–Trinajstić information content (AvgIpc) is 2.71. The summed E-state index contributed by atoms with van der Waals surface area (Å²) in [6.45, 7) is 1.85. The Morgan fingerprint density at radius 1 is 1.16 bits per heavy atom. The SMILES string of the molecule is CCc1ccc(NC(=O)CN2C(=O)CCC2=O)cc1. The number of anilines is 1. The fourth-order valence-corrected chi connectivity index (χ4v) is 1.97. The zero-order valence-corrected chi connectivity index (χ0v) is 10.8. The van der Waals surface area contributed by atoms with Gasteiger partial charge in [-0.2, -0.15) is 0 Å². The molecule has 5 heteroatoms. The Morgan fingerprint density at radius 2 is 1.74 bits per heavy atom. The van der Waals surface area contributed by atoms with Gasteiger partial charge in [0.15, 0.2) is 0 Å². The number of aryl methyl sites for hydroxylation is 1. The van der Waals surface area contributed by atoms with Crippen molar-refractivity contribution in [3.05, 3.63) is 29.8 Å². The van der Waals surface area contributed by atoms with Crippen LogP contribution in [0.15, 0.2) is 24.3 Å². The van der Waals surface area contributed by atoms with E-state index in [1.807, 2.05) is 24.3 Å². The number of hydrogen-bond acceptors (Lipinski definition) is 3. The van der Waals surface area contributed by atoms with Gasteiger partial charge in [-0.1, -0.05) is 19.1 Å². The Bertz CT molecular complexity index is 492. The van der Waals surface area contributed by atoms with Crippen molar-refractivity contribution in [2.75, 3.05) is 11.9 Å². The molecular weight excluding hydrogens is 244 g/mol. The molecule has 2 rings (SSSR count). The molecule has 0 unspecified atom stereocenters. The third-order valence-electron chi connectivity index (χ3n) is 3.10. The second kappa shape index (κ2) is 5.65. The Hall–Kier alpha value is -2.17. The smallest absolute Gasteiger partial charge is 0.244 e. The summed E-state index contributed by atoms with van der Waals surface area (Å²) in [7, 11) is 0. The summed E-state index contributed by atoms with van der Waals surface area (Å²) >= 11 is 0. The van der Waals surface area contributed by atoms with Gasteiger partial charge in [0.25, 0.3) is 0 Å². The fourth-order valence-electron chi connectivity index (χ4n) is 1.97. The molecule has 0 radical (unpaired) electrons. The highest BCUT2D eigenvalue weighted by molar-refractivity contribution is 6.06. The van der Waals surface area contributed by atoms with E-state index in [-0.39, 0.29) is 37.1 Å². The van der Waals surface area contributed by atoms with E-state index in [1.54, 1.807) is 0 Å². The van der Waals surface area contributed by atoms with Crippen LogP contribution in [-0.4, -0.2) is 29.2 Å². The fraction of sp³-hybridized carbons (Fsp3) is 0.357. The van der Waals surface area contributed by atoms with Gasteiger partial charge in [0.05, 0.1) is 0 Å². The topological polar surface area (TPSA) is 66.5 Å². The quantitative estimate of drug-likeness (QED) is 0.831. The molecule has 0 bridgehead atoms. The summed E-state index contributed by atoms with van der Waals surface area (Å²) in [5.41, 5.74) is 1.85. The Kier molecular flexibility index (Phi) is 3.94. The molecule has 1 saturated heterocycles. The zero-order chi connectivity index (χ0) is 13.8. The van der Waals surface area contributed by atoms with E-state index in [1.165, 1.54) is 5.56 Å². The predicted molar refractivity (Wildman–Crippen MR) is 70.4 cm³/mol. The van der Waals surface area contributed by atoms with Crippen LogP contribution < -0.4 is 5.32 Å². The zero-order valence-electron chi connectivity index (χ0n) is 10.8. The molecule has 1 aromatic carbocycles. The lowest BCUT2D eigenvalue weighted by atomic mass is 10.1. The van der Waals surface area contributed by atoms with E-state index in [9.17, 15) is 14.4 Å². The molecule has 3 amide bonds. The first kappa shape index (κ1) is 13.3. The van der Waals surface area contributed by atoms with Gasteiger partial charge in [0, 0.05) is 18.5 Å². The van der Waals surface area contributed by atoms with Crippen LogP contribution in [0.1, 0.15) is 25.3 Å². The third kappa shape index (κ3) is 3.19. The molecule has 100 valence electrons. The first-order valence-corrected chi connectivity index (χ1v) is 6.32. The van der Waals surface area contributed by atoms with Gasteiger partial charge in [0.1, 0.15) is 6.54 Å². The third-order valence-corrected chi connectivity index (χ3v) is 3.10. The Morgan fingerprint density at radius 3 is 2.26 bits per heavy atom. The van der Waals surface area contributed by atoms with Crippen molar-refractivity contribution in [2.24, 2.45) is 0 Å². The highest BCUT2D eigenvalue weighted by Crippen LogP contribution is 2.13. The van der Waals surface area contributed by atoms with Gasteiger partial charge in [-0.25, -0.2) is 0 Å². The van der Waals surface area contributed by atoms with Crippen LogP contribution in [0.25, 0.3) is 0 Å². The number of likely N-dealkylation sites (tertiary alicyclic amines) is 1. The van der Waals surface area contributed by atoms with Crippen LogP contribution in [0.5, 0.6) is 0 Å². The van der Waals surface area contributed by atoms with Gasteiger partial charge in [-0.05, 0) is 24.1 Å². The number of nitrogens with one attached hydrogen (secondary N) is 1. The molecule has 1 aliphatic rings. The van der Waals surface area contributed by atoms with Crippen molar-refractivity contribution in [3.8, 4) is 0 Å². The standard InChI is InChI=1S/C14H16N2O3/c1-2-10-3-5-11(6-4-10)15-12(17)9-16-13(18)7-8-14(16)19/h3-6H,2,7-9H2,1H3,(H,15,17). The average molecular weight is 260 g/mol. The molecule has 1 aromatic rings. The van der Waals surface area contributed by atoms with Crippen molar-refractivity contribution < 1.29 is 14.4 Å². The lowest BCUT2D eigenvalue weighted by Gasteiger charge is -2.13. The van der Waals surface area contributed by atoms with Crippen molar-refractivity contribution in [1.82, 2.24) is 4.90 Å². The highest BCUT2D eigenvalue weighted by Gasteiger charge is 2.30. The van der Waals surface area contributed by atoms with Crippen LogP contribution in [0.3, 0.4) is 0 Å². The molecule has 5 nitrogen and oxygen atoms in total. The van der Waals surface area contributed by atoms with Crippen molar-refractivity contribution >= 4 is 23.4 Å². The monoisotopic (exact) mass is 260 g/mol. The summed E-state index contributed by atoms with van der Waals surface area (Å²) < 4.78 is 0. The number of carbonyl (C=O) groups is 3. The van der Waals surface area contributed by atoms with Gasteiger partial charge in [-0.15, -0.1) is 0 Å². The van der Waals surface area contributed by atoms with E-state index in [0.717, 1.165) is 11.3 Å². The van der Waals surface area contributed by atoms with Crippen LogP contribution >= 0.6 is 0 Å². The lowest BCUT2D eigenvalue weighted by molar-refractivity contribution is -0.141. The number of rotatable bonds is 4. The van der Waals surface area contributed by atoms with E-state index < -0.39 is 0 Å².